The monoisotopic (exact) mass is 412 g/mol. The molecule has 0 spiro atoms. The van der Waals surface area contributed by atoms with Gasteiger partial charge in [-0.05, 0) is 69.1 Å². The van der Waals surface area contributed by atoms with Gasteiger partial charge in [0, 0.05) is 16.0 Å². The van der Waals surface area contributed by atoms with Crippen molar-refractivity contribution in [3.05, 3.63) is 51.9 Å². The van der Waals surface area contributed by atoms with Crippen LogP contribution in [0.5, 0.6) is 0 Å². The van der Waals surface area contributed by atoms with Gasteiger partial charge >= 0.3 is 0 Å². The van der Waals surface area contributed by atoms with Crippen LogP contribution in [-0.2, 0) is 12.8 Å². The summed E-state index contributed by atoms with van der Waals surface area (Å²) in [4.78, 5) is 27.2. The number of fused-ring (bicyclic) bond motifs is 1. The quantitative estimate of drug-likeness (QED) is 0.681. The van der Waals surface area contributed by atoms with Crippen molar-refractivity contribution in [3.8, 4) is 0 Å². The zero-order chi connectivity index (χ0) is 21.4. The van der Waals surface area contributed by atoms with Crippen molar-refractivity contribution >= 4 is 28.2 Å². The van der Waals surface area contributed by atoms with Gasteiger partial charge in [-0.2, -0.15) is 0 Å². The van der Waals surface area contributed by atoms with Crippen molar-refractivity contribution in [2.75, 3.05) is 5.32 Å². The number of thiophene rings is 1. The SMILES string of the molecule is CC(C)(C)NC(=O)c1c(NC(=O)c2ccccc2)sc2c1CC[C@H](C(C)(C)C)C2. The predicted molar refractivity (Wildman–Crippen MR) is 121 cm³/mol. The minimum Gasteiger partial charge on any atom is -0.347 e. The summed E-state index contributed by atoms with van der Waals surface area (Å²) >= 11 is 1.57. The number of carbonyl (C=O) groups is 2. The molecule has 1 aromatic heterocycles. The molecule has 2 amide bonds. The first-order valence-corrected chi connectivity index (χ1v) is 11.1. The average Bonchev–Trinajstić information content (AvgIpc) is 2.97. The largest absolute Gasteiger partial charge is 0.347 e. The van der Waals surface area contributed by atoms with Gasteiger partial charge in [0.2, 0.25) is 0 Å². The fourth-order valence-corrected chi connectivity index (χ4v) is 5.14. The van der Waals surface area contributed by atoms with Gasteiger partial charge in [0.15, 0.2) is 0 Å². The van der Waals surface area contributed by atoms with E-state index in [1.807, 2.05) is 39.0 Å². The van der Waals surface area contributed by atoms with Crippen LogP contribution < -0.4 is 10.6 Å². The first-order valence-electron chi connectivity index (χ1n) is 10.3. The van der Waals surface area contributed by atoms with Gasteiger partial charge in [-0.15, -0.1) is 11.3 Å². The van der Waals surface area contributed by atoms with Crippen molar-refractivity contribution in [3.63, 3.8) is 0 Å². The molecule has 2 aromatic rings. The fourth-order valence-electron chi connectivity index (χ4n) is 3.82. The first-order chi connectivity index (χ1) is 13.5. The van der Waals surface area contributed by atoms with Gasteiger partial charge < -0.3 is 10.6 Å². The van der Waals surface area contributed by atoms with E-state index in [4.69, 9.17) is 0 Å². The summed E-state index contributed by atoms with van der Waals surface area (Å²) < 4.78 is 0. The van der Waals surface area contributed by atoms with Crippen molar-refractivity contribution < 1.29 is 9.59 Å². The second-order valence-electron chi connectivity index (χ2n) is 10.0. The molecule has 1 aromatic carbocycles. The molecule has 0 fully saturated rings. The van der Waals surface area contributed by atoms with Crippen molar-refractivity contribution in [1.82, 2.24) is 5.32 Å². The number of nitrogens with one attached hydrogen (secondary N) is 2. The summed E-state index contributed by atoms with van der Waals surface area (Å²) in [7, 11) is 0. The maximum Gasteiger partial charge on any atom is 0.256 e. The third-order valence-electron chi connectivity index (χ3n) is 5.47. The second-order valence-corrected chi connectivity index (χ2v) is 11.1. The third-order valence-corrected chi connectivity index (χ3v) is 6.64. The van der Waals surface area contributed by atoms with Crippen LogP contribution in [0.2, 0.25) is 0 Å². The molecule has 156 valence electrons. The number of anilines is 1. The highest BCUT2D eigenvalue weighted by Gasteiger charge is 2.34. The highest BCUT2D eigenvalue weighted by atomic mass is 32.1. The maximum absolute atomic E-state index is 13.2. The Morgan fingerprint density at radius 2 is 1.66 bits per heavy atom. The number of rotatable bonds is 3. The molecule has 0 saturated heterocycles. The van der Waals surface area contributed by atoms with Crippen LogP contribution in [-0.4, -0.2) is 17.4 Å². The fraction of sp³-hybridized carbons (Fsp3) is 0.500. The topological polar surface area (TPSA) is 58.2 Å². The molecule has 0 saturated carbocycles. The van der Waals surface area contributed by atoms with E-state index in [2.05, 4.69) is 31.4 Å². The van der Waals surface area contributed by atoms with E-state index >= 15 is 0 Å². The lowest BCUT2D eigenvalue weighted by atomic mass is 9.72. The van der Waals surface area contributed by atoms with Crippen molar-refractivity contribution in [2.45, 2.75) is 66.3 Å². The van der Waals surface area contributed by atoms with E-state index in [-0.39, 0.29) is 22.8 Å². The molecule has 2 N–H and O–H groups in total. The van der Waals surface area contributed by atoms with E-state index in [1.165, 1.54) is 4.88 Å². The van der Waals surface area contributed by atoms with E-state index in [0.717, 1.165) is 24.8 Å². The number of amides is 2. The second kappa shape index (κ2) is 7.94. The van der Waals surface area contributed by atoms with Gasteiger partial charge in [0.25, 0.3) is 11.8 Å². The van der Waals surface area contributed by atoms with E-state index in [9.17, 15) is 9.59 Å². The third kappa shape index (κ3) is 5.08. The van der Waals surface area contributed by atoms with Gasteiger partial charge in [0.05, 0.1) is 5.56 Å². The Hall–Kier alpha value is -2.14. The molecule has 3 rings (SSSR count). The zero-order valence-electron chi connectivity index (χ0n) is 18.3. The van der Waals surface area contributed by atoms with Crippen molar-refractivity contribution in [1.29, 1.82) is 0 Å². The Labute approximate surface area is 178 Å². The lowest BCUT2D eigenvalue weighted by molar-refractivity contribution is 0.0919. The summed E-state index contributed by atoms with van der Waals surface area (Å²) in [5.74, 6) is 0.291. The van der Waals surface area contributed by atoms with Crippen LogP contribution in [0.3, 0.4) is 0 Å². The highest BCUT2D eigenvalue weighted by molar-refractivity contribution is 7.17. The number of hydrogen-bond donors (Lipinski definition) is 2. The van der Waals surface area contributed by atoms with Crippen molar-refractivity contribution in [2.24, 2.45) is 11.3 Å². The smallest absolute Gasteiger partial charge is 0.256 e. The zero-order valence-corrected chi connectivity index (χ0v) is 19.1. The van der Waals surface area contributed by atoms with Crippen LogP contribution in [0, 0.1) is 11.3 Å². The predicted octanol–water partition coefficient (Wildman–Crippen LogP) is 5.68. The molecule has 0 radical (unpaired) electrons. The maximum atomic E-state index is 13.2. The molecule has 0 aliphatic heterocycles. The van der Waals surface area contributed by atoms with E-state index in [0.29, 0.717) is 22.0 Å². The standard InChI is InChI=1S/C24H32N2O2S/c1-23(2,3)16-12-13-17-18(14-16)29-22(19(17)21(28)26-24(4,5)6)25-20(27)15-10-8-7-9-11-15/h7-11,16H,12-14H2,1-6H3,(H,25,27)(H,26,28)/t16-/m0/s1. The molecule has 4 nitrogen and oxygen atoms in total. The molecular weight excluding hydrogens is 380 g/mol. The molecule has 29 heavy (non-hydrogen) atoms. The van der Waals surface area contributed by atoms with Crippen LogP contribution in [0.1, 0.15) is 79.1 Å². The Balaban J connectivity index is 1.97. The summed E-state index contributed by atoms with van der Waals surface area (Å²) in [5, 5.41) is 6.77. The van der Waals surface area contributed by atoms with E-state index in [1.54, 1.807) is 23.5 Å². The van der Waals surface area contributed by atoms with Gasteiger partial charge in [0.1, 0.15) is 5.00 Å². The molecule has 1 aliphatic rings. The van der Waals surface area contributed by atoms with E-state index < -0.39 is 0 Å². The highest BCUT2D eigenvalue weighted by Crippen LogP contribution is 2.44. The number of benzene rings is 1. The lowest BCUT2D eigenvalue weighted by Gasteiger charge is -2.34. The summed E-state index contributed by atoms with van der Waals surface area (Å²) in [5.41, 5.74) is 2.24. The van der Waals surface area contributed by atoms with Crippen LogP contribution in [0.15, 0.2) is 30.3 Å². The molecule has 0 unspecified atom stereocenters. The summed E-state index contributed by atoms with van der Waals surface area (Å²) in [6.45, 7) is 12.8. The first kappa shape index (κ1) is 21.6. The summed E-state index contributed by atoms with van der Waals surface area (Å²) in [6, 6.07) is 9.14. The van der Waals surface area contributed by atoms with Crippen LogP contribution in [0.25, 0.3) is 0 Å². The Morgan fingerprint density at radius 1 is 1.00 bits per heavy atom. The van der Waals surface area contributed by atoms with Gasteiger partial charge in [-0.25, -0.2) is 0 Å². The average molecular weight is 413 g/mol. The Morgan fingerprint density at radius 3 is 2.24 bits per heavy atom. The minimum atomic E-state index is -0.338. The molecule has 1 heterocycles. The summed E-state index contributed by atoms with van der Waals surface area (Å²) in [6.07, 6.45) is 2.90. The van der Waals surface area contributed by atoms with Gasteiger partial charge in [-0.3, -0.25) is 9.59 Å². The molecule has 5 heteroatoms. The molecule has 0 bridgehead atoms. The van der Waals surface area contributed by atoms with Crippen LogP contribution >= 0.6 is 11.3 Å². The van der Waals surface area contributed by atoms with Crippen LogP contribution in [0.4, 0.5) is 5.00 Å². The van der Waals surface area contributed by atoms with Gasteiger partial charge in [-0.1, -0.05) is 39.0 Å². The normalized spacial score (nSPS) is 16.8. The Kier molecular flexibility index (Phi) is 5.91. The molecule has 1 atom stereocenters. The molecule has 1 aliphatic carbocycles. The minimum absolute atomic E-state index is 0.104. The Bertz CT molecular complexity index is 901. The molecular formula is C24H32N2O2S. The number of hydrogen-bond acceptors (Lipinski definition) is 3. The lowest BCUT2D eigenvalue weighted by Crippen LogP contribution is -2.41. The number of carbonyl (C=O) groups excluding carboxylic acids is 2.